The molecule has 2 amide bonds. The lowest BCUT2D eigenvalue weighted by Crippen LogP contribution is -2.62. The molecule has 2 atom stereocenters. The minimum atomic E-state index is -2.88. The summed E-state index contributed by atoms with van der Waals surface area (Å²) in [6.07, 6.45) is 7.40. The van der Waals surface area contributed by atoms with Crippen LogP contribution in [0.1, 0.15) is 44.9 Å². The van der Waals surface area contributed by atoms with Gasteiger partial charge in [0.05, 0.1) is 11.6 Å². The molecule has 1 aromatic rings. The minimum absolute atomic E-state index is 0.0582. The molecule has 3 N–H and O–H groups in total. The van der Waals surface area contributed by atoms with Crippen molar-refractivity contribution < 1.29 is 18.0 Å². The van der Waals surface area contributed by atoms with E-state index in [0.717, 1.165) is 32.1 Å². The maximum absolute atomic E-state index is 13.3. The van der Waals surface area contributed by atoms with E-state index in [0.29, 0.717) is 24.6 Å². The normalized spacial score (nSPS) is 35.4. The van der Waals surface area contributed by atoms with Gasteiger partial charge in [-0.1, -0.05) is 0 Å². The van der Waals surface area contributed by atoms with Gasteiger partial charge in [0.15, 0.2) is 0 Å². The van der Waals surface area contributed by atoms with Crippen LogP contribution in [0.25, 0.3) is 0 Å². The van der Waals surface area contributed by atoms with Crippen LogP contribution in [-0.2, 0) is 27.5 Å². The summed E-state index contributed by atoms with van der Waals surface area (Å²) in [6, 6.07) is 1.70. The molecule has 5 saturated carbocycles. The van der Waals surface area contributed by atoms with Gasteiger partial charge in [0.2, 0.25) is 22.7 Å². The largest absolute Gasteiger partial charge is 0.369 e. The molecule has 9 nitrogen and oxygen atoms in total. The van der Waals surface area contributed by atoms with Crippen LogP contribution in [0.3, 0.4) is 0 Å². The lowest BCUT2D eigenvalue weighted by atomic mass is 9.47. The average Bonchev–Trinajstić information content (AvgIpc) is 3.35. The van der Waals surface area contributed by atoms with E-state index in [1.165, 1.54) is 8.99 Å². The fraction of sp³-hybridized carbons (Fsp3) is 0.750. The predicted molar refractivity (Wildman–Crippen MR) is 110 cm³/mol. The first-order valence-corrected chi connectivity index (χ1v) is 11.9. The summed E-state index contributed by atoms with van der Waals surface area (Å²) < 4.78 is 26.6. The standard InChI is InChI=1S/C20H29N5O4S/c1-24-15(2-5-22-24)25(30(28)29)11-19(3-4-19)18(27)23-16-13-6-12-7-14(16)10-20(8-12,9-13)17(21)26/h2,5,12-14,16,30H,3-4,6-11H2,1H3,(H2,21,26)(H,23,27). The highest BCUT2D eigenvalue weighted by molar-refractivity contribution is 7.74. The second-order valence-electron chi connectivity index (χ2n) is 10.0. The minimum Gasteiger partial charge on any atom is -0.369 e. The molecule has 10 heteroatoms. The van der Waals surface area contributed by atoms with E-state index < -0.39 is 16.3 Å². The topological polar surface area (TPSA) is 127 Å². The Bertz CT molecular complexity index is 944. The number of aromatic nitrogens is 2. The van der Waals surface area contributed by atoms with Gasteiger partial charge < -0.3 is 11.1 Å². The Morgan fingerprint density at radius 1 is 1.27 bits per heavy atom. The van der Waals surface area contributed by atoms with Crippen molar-refractivity contribution in [1.29, 1.82) is 0 Å². The first-order chi connectivity index (χ1) is 14.2. The number of anilines is 1. The van der Waals surface area contributed by atoms with Gasteiger partial charge in [-0.25, -0.2) is 8.42 Å². The van der Waals surface area contributed by atoms with Crippen LogP contribution in [0.2, 0.25) is 0 Å². The number of primary amides is 1. The third-order valence-corrected chi connectivity index (χ3v) is 8.88. The van der Waals surface area contributed by atoms with Crippen molar-refractivity contribution >= 4 is 28.5 Å². The number of nitrogens with zero attached hydrogens (tertiary/aromatic N) is 3. The molecular weight excluding hydrogens is 406 g/mol. The number of rotatable bonds is 7. The summed E-state index contributed by atoms with van der Waals surface area (Å²) in [5, 5.41) is 7.34. The number of carbonyl (C=O) groups excluding carboxylic acids is 2. The number of nitrogens with two attached hydrogens (primary N) is 1. The van der Waals surface area contributed by atoms with Gasteiger partial charge in [-0.2, -0.15) is 5.10 Å². The van der Waals surface area contributed by atoms with E-state index in [9.17, 15) is 18.0 Å². The number of aryl methyl sites for hydroxylation is 1. The lowest BCUT2D eigenvalue weighted by molar-refractivity contribution is -0.148. The van der Waals surface area contributed by atoms with E-state index in [2.05, 4.69) is 10.4 Å². The Morgan fingerprint density at radius 2 is 1.93 bits per heavy atom. The zero-order valence-electron chi connectivity index (χ0n) is 17.1. The van der Waals surface area contributed by atoms with Crippen LogP contribution in [0.4, 0.5) is 5.82 Å². The molecular formula is C20H29N5O4S. The summed E-state index contributed by atoms with van der Waals surface area (Å²) in [4.78, 5) is 25.4. The van der Waals surface area contributed by atoms with Gasteiger partial charge in [-0.3, -0.25) is 18.6 Å². The van der Waals surface area contributed by atoms with Crippen LogP contribution in [-0.4, -0.2) is 42.6 Å². The second kappa shape index (κ2) is 6.70. The molecule has 0 saturated heterocycles. The van der Waals surface area contributed by atoms with E-state index in [1.807, 2.05) is 0 Å². The van der Waals surface area contributed by atoms with Crippen molar-refractivity contribution in [2.75, 3.05) is 10.8 Å². The fourth-order valence-electron chi connectivity index (χ4n) is 6.60. The van der Waals surface area contributed by atoms with Gasteiger partial charge in [0.25, 0.3) is 0 Å². The molecule has 5 aliphatic carbocycles. The third-order valence-electron chi connectivity index (χ3n) is 8.14. The Labute approximate surface area is 177 Å². The Morgan fingerprint density at radius 3 is 2.43 bits per heavy atom. The number of hydrogen-bond acceptors (Lipinski definition) is 5. The zero-order valence-corrected chi connectivity index (χ0v) is 18.0. The summed E-state index contributed by atoms with van der Waals surface area (Å²) in [7, 11) is -1.20. The Balaban J connectivity index is 1.31. The molecule has 1 heterocycles. The molecule has 1 aromatic heterocycles. The Kier molecular flexibility index (Phi) is 4.43. The highest BCUT2D eigenvalue weighted by Crippen LogP contribution is 2.60. The van der Waals surface area contributed by atoms with E-state index in [4.69, 9.17) is 5.73 Å². The second-order valence-corrected chi connectivity index (χ2v) is 11.0. The molecule has 5 aliphatic rings. The molecule has 164 valence electrons. The van der Waals surface area contributed by atoms with Gasteiger partial charge >= 0.3 is 0 Å². The molecule has 0 radical (unpaired) electrons. The predicted octanol–water partition coefficient (Wildman–Crippen LogP) is 0.330. The zero-order chi connectivity index (χ0) is 21.3. The fourth-order valence-corrected chi connectivity index (χ4v) is 7.35. The van der Waals surface area contributed by atoms with E-state index >= 15 is 0 Å². The van der Waals surface area contributed by atoms with Crippen molar-refractivity contribution in [3.8, 4) is 0 Å². The number of carbonyl (C=O) groups is 2. The molecule has 0 aromatic carbocycles. The van der Waals surface area contributed by atoms with Crippen LogP contribution in [0, 0.1) is 28.6 Å². The smallest absolute Gasteiger partial charge is 0.228 e. The molecule has 6 rings (SSSR count). The van der Waals surface area contributed by atoms with Crippen molar-refractivity contribution in [2.45, 2.75) is 51.0 Å². The van der Waals surface area contributed by atoms with Crippen LogP contribution < -0.4 is 15.4 Å². The van der Waals surface area contributed by atoms with Gasteiger partial charge in [0, 0.05) is 31.1 Å². The SMILES string of the molecule is Cn1nccc1N(CC1(C(=O)NC2C3CC4CC2CC(C(N)=O)(C4)C3)CC1)[SH](=O)=O. The van der Waals surface area contributed by atoms with E-state index in [-0.39, 0.29) is 41.7 Å². The van der Waals surface area contributed by atoms with Gasteiger partial charge in [-0.15, -0.1) is 0 Å². The average molecular weight is 436 g/mol. The first-order valence-electron chi connectivity index (χ1n) is 10.7. The van der Waals surface area contributed by atoms with Gasteiger partial charge in [0.1, 0.15) is 5.82 Å². The van der Waals surface area contributed by atoms with Crippen LogP contribution >= 0.6 is 0 Å². The molecule has 0 spiro atoms. The van der Waals surface area contributed by atoms with Crippen LogP contribution in [0.5, 0.6) is 0 Å². The monoisotopic (exact) mass is 435 g/mol. The molecule has 30 heavy (non-hydrogen) atoms. The molecule has 2 unspecified atom stereocenters. The lowest BCUT2D eigenvalue weighted by Gasteiger charge is -2.59. The molecule has 0 aliphatic heterocycles. The third kappa shape index (κ3) is 3.02. The quantitative estimate of drug-likeness (QED) is 0.532. The summed E-state index contributed by atoms with van der Waals surface area (Å²) in [5.74, 6) is 1.32. The number of hydrogen-bond donors (Lipinski definition) is 3. The van der Waals surface area contributed by atoms with Gasteiger partial charge in [-0.05, 0) is 62.7 Å². The molecule has 5 fully saturated rings. The highest BCUT2D eigenvalue weighted by atomic mass is 32.2. The van der Waals surface area contributed by atoms with Crippen molar-refractivity contribution in [3.05, 3.63) is 12.3 Å². The van der Waals surface area contributed by atoms with Crippen molar-refractivity contribution in [1.82, 2.24) is 15.1 Å². The van der Waals surface area contributed by atoms with E-state index in [1.54, 1.807) is 19.3 Å². The summed E-state index contributed by atoms with van der Waals surface area (Å²) in [6.45, 7) is 0.132. The maximum atomic E-state index is 13.3. The maximum Gasteiger partial charge on any atom is 0.228 e. The first kappa shape index (κ1) is 19.8. The number of nitrogens with one attached hydrogen (secondary N) is 1. The Hall–Kier alpha value is -2.10. The van der Waals surface area contributed by atoms with Crippen LogP contribution in [0.15, 0.2) is 12.3 Å². The highest BCUT2D eigenvalue weighted by Gasteiger charge is 2.59. The summed E-state index contributed by atoms with van der Waals surface area (Å²) >= 11 is 0. The summed E-state index contributed by atoms with van der Waals surface area (Å²) in [5.41, 5.74) is 4.70. The van der Waals surface area contributed by atoms with Crippen molar-refractivity contribution in [2.24, 2.45) is 41.4 Å². The number of thiol groups is 1. The molecule has 4 bridgehead atoms. The van der Waals surface area contributed by atoms with Crippen molar-refractivity contribution in [3.63, 3.8) is 0 Å². The number of amides is 2.